The highest BCUT2D eigenvalue weighted by Crippen LogP contribution is 2.22. The lowest BCUT2D eigenvalue weighted by molar-refractivity contribution is -0.385. The van der Waals surface area contributed by atoms with E-state index in [-0.39, 0.29) is 22.5 Å². The van der Waals surface area contributed by atoms with E-state index in [0.29, 0.717) is 0 Å². The zero-order valence-corrected chi connectivity index (χ0v) is 10.9. The molecule has 0 unspecified atom stereocenters. The molecule has 11 nitrogen and oxygen atoms in total. The molecule has 0 saturated carbocycles. The molecule has 104 valence electrons. The fraction of sp³-hybridized carbons (Fsp3) is 0.250. The summed E-state index contributed by atoms with van der Waals surface area (Å²) in [6, 6.07) is 0. The van der Waals surface area contributed by atoms with Crippen LogP contribution in [0.5, 0.6) is 0 Å². The summed E-state index contributed by atoms with van der Waals surface area (Å²) in [4.78, 5) is 28.6. The van der Waals surface area contributed by atoms with Crippen molar-refractivity contribution in [3.05, 3.63) is 22.5 Å². The van der Waals surface area contributed by atoms with Gasteiger partial charge in [-0.2, -0.15) is 0 Å². The van der Waals surface area contributed by atoms with Crippen LogP contribution < -0.4 is 0 Å². The van der Waals surface area contributed by atoms with Crippen LogP contribution in [0.3, 0.4) is 0 Å². The normalized spacial score (nSPS) is 10.2. The zero-order valence-electron chi connectivity index (χ0n) is 10.0. The van der Waals surface area contributed by atoms with Gasteiger partial charge < -0.3 is 4.74 Å². The van der Waals surface area contributed by atoms with E-state index in [1.807, 2.05) is 0 Å². The summed E-state index contributed by atoms with van der Waals surface area (Å²) >= 11 is 0.968. The Morgan fingerprint density at radius 3 is 2.80 bits per heavy atom. The first-order chi connectivity index (χ1) is 9.60. The molecule has 0 aromatic carbocycles. The molecule has 0 fully saturated rings. The third-order valence-electron chi connectivity index (χ3n) is 2.01. The van der Waals surface area contributed by atoms with Crippen LogP contribution >= 0.6 is 11.8 Å². The van der Waals surface area contributed by atoms with Gasteiger partial charge in [0.25, 0.3) is 0 Å². The van der Waals surface area contributed by atoms with Crippen molar-refractivity contribution in [2.75, 3.05) is 7.11 Å². The number of nitrogens with zero attached hydrogens (tertiary/aromatic N) is 7. The average Bonchev–Trinajstić information content (AvgIpc) is 2.86. The van der Waals surface area contributed by atoms with E-state index in [1.165, 1.54) is 11.8 Å². The van der Waals surface area contributed by atoms with Gasteiger partial charge in [0, 0.05) is 0 Å². The molecule has 2 heterocycles. The number of tetrazole rings is 1. The number of methoxy groups -OCH3 is 1. The van der Waals surface area contributed by atoms with Gasteiger partial charge in [-0.1, -0.05) is 0 Å². The molecule has 0 aliphatic carbocycles. The summed E-state index contributed by atoms with van der Waals surface area (Å²) in [5, 5.41) is 21.7. The lowest BCUT2D eigenvalue weighted by atomic mass is 10.6. The summed E-state index contributed by atoms with van der Waals surface area (Å²) in [5.41, 5.74) is -0.219. The van der Waals surface area contributed by atoms with E-state index in [4.69, 9.17) is 0 Å². The number of rotatable bonds is 5. The molecule has 0 saturated heterocycles. The Kier molecular flexibility index (Phi) is 4.14. The van der Waals surface area contributed by atoms with Crippen molar-refractivity contribution < 1.29 is 14.5 Å². The second-order valence-electron chi connectivity index (χ2n) is 3.28. The smallest absolute Gasteiger partial charge is 0.327 e. The molecule has 2 rings (SSSR count). The van der Waals surface area contributed by atoms with Crippen molar-refractivity contribution in [1.82, 2.24) is 30.2 Å². The SMILES string of the molecule is COC(=O)Cn1nnnc1Sc1ncc([N+](=O)[O-])cn1. The first-order valence-corrected chi connectivity index (χ1v) is 5.89. The molecule has 20 heavy (non-hydrogen) atoms. The van der Waals surface area contributed by atoms with Gasteiger partial charge in [-0.25, -0.2) is 14.6 Å². The predicted molar refractivity (Wildman–Crippen MR) is 62.6 cm³/mol. The van der Waals surface area contributed by atoms with Crippen molar-refractivity contribution >= 4 is 23.4 Å². The van der Waals surface area contributed by atoms with Gasteiger partial charge in [0.1, 0.15) is 18.9 Å². The number of carbonyl (C=O) groups is 1. The highest BCUT2D eigenvalue weighted by molar-refractivity contribution is 7.99. The molecule has 0 bridgehead atoms. The number of esters is 1. The van der Waals surface area contributed by atoms with Crippen LogP contribution in [0.25, 0.3) is 0 Å². The third kappa shape index (κ3) is 3.23. The van der Waals surface area contributed by atoms with Crippen molar-refractivity contribution in [1.29, 1.82) is 0 Å². The minimum absolute atomic E-state index is 0.154. The van der Waals surface area contributed by atoms with Crippen molar-refractivity contribution in [2.24, 2.45) is 0 Å². The van der Waals surface area contributed by atoms with Crippen LogP contribution in [0.2, 0.25) is 0 Å². The molecule has 0 N–H and O–H groups in total. The molecular weight excluding hydrogens is 290 g/mol. The zero-order chi connectivity index (χ0) is 14.5. The molecule has 0 radical (unpaired) electrons. The van der Waals surface area contributed by atoms with Crippen LogP contribution in [-0.4, -0.2) is 48.2 Å². The fourth-order valence-electron chi connectivity index (χ4n) is 1.09. The molecular formula is C8H7N7O4S. The molecule has 2 aromatic rings. The van der Waals surface area contributed by atoms with E-state index >= 15 is 0 Å². The van der Waals surface area contributed by atoms with Gasteiger partial charge in [0.05, 0.1) is 12.0 Å². The Bertz CT molecular complexity index is 628. The molecule has 2 aromatic heterocycles. The monoisotopic (exact) mass is 297 g/mol. The molecule has 0 spiro atoms. The maximum absolute atomic E-state index is 11.1. The third-order valence-corrected chi connectivity index (χ3v) is 2.88. The Labute approximate surface area is 115 Å². The highest BCUT2D eigenvalue weighted by atomic mass is 32.2. The summed E-state index contributed by atoms with van der Waals surface area (Å²) in [7, 11) is 1.25. The molecule has 12 heteroatoms. The summed E-state index contributed by atoms with van der Waals surface area (Å²) in [5.74, 6) is -0.510. The summed E-state index contributed by atoms with van der Waals surface area (Å²) in [6.07, 6.45) is 2.15. The van der Waals surface area contributed by atoms with E-state index in [1.54, 1.807) is 0 Å². The second-order valence-corrected chi connectivity index (χ2v) is 4.21. The van der Waals surface area contributed by atoms with Gasteiger partial charge in [-0.3, -0.25) is 14.9 Å². The lowest BCUT2D eigenvalue weighted by Crippen LogP contribution is -2.13. The Morgan fingerprint density at radius 2 is 2.20 bits per heavy atom. The number of hydrogen-bond donors (Lipinski definition) is 0. The van der Waals surface area contributed by atoms with Crippen LogP contribution in [0.1, 0.15) is 0 Å². The minimum Gasteiger partial charge on any atom is -0.468 e. The quantitative estimate of drug-likeness (QED) is 0.312. The standard InChI is InChI=1S/C8H7N7O4S/c1-19-6(16)4-14-8(11-12-13-14)20-7-9-2-5(3-10-7)15(17)18/h2-3H,4H2,1H3. The lowest BCUT2D eigenvalue weighted by Gasteiger charge is -2.01. The first-order valence-electron chi connectivity index (χ1n) is 5.07. The van der Waals surface area contributed by atoms with Gasteiger partial charge in [0.15, 0.2) is 5.16 Å². The number of nitro groups is 1. The first kappa shape index (κ1) is 13.8. The van der Waals surface area contributed by atoms with Crippen LogP contribution in [-0.2, 0) is 16.1 Å². The predicted octanol–water partition coefficient (Wildman–Crippen LogP) is -0.305. The van der Waals surface area contributed by atoms with Gasteiger partial charge in [-0.15, -0.1) is 5.10 Å². The highest BCUT2D eigenvalue weighted by Gasteiger charge is 2.14. The summed E-state index contributed by atoms with van der Waals surface area (Å²) in [6.45, 7) is -0.154. The largest absolute Gasteiger partial charge is 0.468 e. The van der Waals surface area contributed by atoms with Crippen molar-refractivity contribution in [2.45, 2.75) is 16.9 Å². The Balaban J connectivity index is 2.12. The molecule has 0 aliphatic heterocycles. The van der Waals surface area contributed by atoms with Crippen LogP contribution in [0.15, 0.2) is 22.7 Å². The molecule has 0 atom stereocenters. The molecule has 0 aliphatic rings. The van der Waals surface area contributed by atoms with Gasteiger partial charge in [0.2, 0.25) is 5.16 Å². The van der Waals surface area contributed by atoms with E-state index < -0.39 is 10.9 Å². The minimum atomic E-state index is -0.601. The topological polar surface area (TPSA) is 139 Å². The van der Waals surface area contributed by atoms with E-state index in [9.17, 15) is 14.9 Å². The van der Waals surface area contributed by atoms with E-state index in [0.717, 1.165) is 24.2 Å². The fourth-order valence-corrected chi connectivity index (χ4v) is 1.75. The number of hydrogen-bond acceptors (Lipinski definition) is 10. The maximum atomic E-state index is 11.1. The Morgan fingerprint density at radius 1 is 1.50 bits per heavy atom. The van der Waals surface area contributed by atoms with E-state index in [2.05, 4.69) is 30.2 Å². The van der Waals surface area contributed by atoms with Crippen molar-refractivity contribution in [3.63, 3.8) is 0 Å². The number of carbonyl (C=O) groups excluding carboxylic acids is 1. The number of aromatic nitrogens is 6. The Hall–Kier alpha value is -2.63. The van der Waals surface area contributed by atoms with Crippen LogP contribution in [0.4, 0.5) is 5.69 Å². The average molecular weight is 297 g/mol. The number of ether oxygens (including phenoxy) is 1. The van der Waals surface area contributed by atoms with Crippen molar-refractivity contribution in [3.8, 4) is 0 Å². The van der Waals surface area contributed by atoms with Gasteiger partial charge >= 0.3 is 11.7 Å². The maximum Gasteiger partial charge on any atom is 0.327 e. The second kappa shape index (κ2) is 6.01. The van der Waals surface area contributed by atoms with Gasteiger partial charge in [-0.05, 0) is 22.2 Å². The van der Waals surface area contributed by atoms with Crippen LogP contribution in [0, 0.1) is 10.1 Å². The molecule has 0 amide bonds. The summed E-state index contributed by atoms with van der Waals surface area (Å²) < 4.78 is 5.71.